The molecule has 150 valence electrons. The van der Waals surface area contributed by atoms with Crippen LogP contribution in [0.3, 0.4) is 0 Å². The van der Waals surface area contributed by atoms with E-state index in [9.17, 15) is 0 Å². The molecular weight excluding hydrogens is 467 g/mol. The van der Waals surface area contributed by atoms with E-state index in [0.717, 1.165) is 17.0 Å². The van der Waals surface area contributed by atoms with E-state index in [1.807, 2.05) is 0 Å². The first-order valence-electron chi connectivity index (χ1n) is 10.4. The molecule has 2 aliphatic rings. The predicted molar refractivity (Wildman–Crippen MR) is 117 cm³/mol. The van der Waals surface area contributed by atoms with Gasteiger partial charge in [0.15, 0.2) is 0 Å². The van der Waals surface area contributed by atoms with Crippen LogP contribution in [-0.4, -0.2) is 17.0 Å². The van der Waals surface area contributed by atoms with Crippen molar-refractivity contribution < 1.29 is 15.1 Å². The summed E-state index contributed by atoms with van der Waals surface area (Å²) in [4.78, 5) is 0. The fourth-order valence-electron chi connectivity index (χ4n) is 4.95. The van der Waals surface area contributed by atoms with Crippen LogP contribution in [0.5, 0.6) is 0 Å². The van der Waals surface area contributed by atoms with Crippen LogP contribution in [0.4, 0.5) is 0 Å². The molecule has 0 bridgehead atoms. The van der Waals surface area contributed by atoms with Gasteiger partial charge in [0, 0.05) is 0 Å². The third kappa shape index (κ3) is 8.07. The van der Waals surface area contributed by atoms with Gasteiger partial charge in [-0.25, -0.2) is 0 Å². The van der Waals surface area contributed by atoms with Crippen LogP contribution in [0.1, 0.15) is 83.1 Å². The van der Waals surface area contributed by atoms with Crippen LogP contribution in [0.2, 0.25) is 0 Å². The van der Waals surface area contributed by atoms with E-state index in [2.05, 4.69) is 37.3 Å². The van der Waals surface area contributed by atoms with Crippen LogP contribution in [0.15, 0.2) is 30.3 Å². The van der Waals surface area contributed by atoms with E-state index >= 15 is 0 Å². The molecule has 2 aliphatic carbocycles. The summed E-state index contributed by atoms with van der Waals surface area (Å²) in [5.74, 6) is 0. The van der Waals surface area contributed by atoms with Gasteiger partial charge < -0.3 is 0 Å². The molecular formula is C22H35Cl2PRu. The van der Waals surface area contributed by atoms with Gasteiger partial charge >= 0.3 is 34.5 Å². The van der Waals surface area contributed by atoms with Gasteiger partial charge in [-0.2, -0.15) is 0 Å². The van der Waals surface area contributed by atoms with Gasteiger partial charge in [0.2, 0.25) is 0 Å². The van der Waals surface area contributed by atoms with E-state index in [0.29, 0.717) is 0 Å². The molecule has 1 aromatic rings. The Hall–Kier alpha value is 0.853. The fraction of sp³-hybridized carbons (Fsp3) is 0.727. The van der Waals surface area contributed by atoms with E-state index in [1.54, 1.807) is 31.2 Å². The zero-order chi connectivity index (χ0) is 18.6. The van der Waals surface area contributed by atoms with Gasteiger partial charge in [0.05, 0.1) is 0 Å². The minimum atomic E-state index is -0.346. The van der Waals surface area contributed by atoms with Crippen LogP contribution >= 0.6 is 27.3 Å². The molecule has 2 fully saturated rings. The van der Waals surface area contributed by atoms with Gasteiger partial charge in [-0.05, 0) is 61.1 Å². The molecule has 0 heterocycles. The monoisotopic (exact) mass is 502 g/mol. The van der Waals surface area contributed by atoms with E-state index in [1.165, 1.54) is 51.4 Å². The molecule has 0 spiro atoms. The average molecular weight is 502 g/mol. The maximum absolute atomic E-state index is 4.85. The van der Waals surface area contributed by atoms with Crippen molar-refractivity contribution in [2.45, 2.75) is 101 Å². The molecule has 1 unspecified atom stereocenters. The zero-order valence-electron chi connectivity index (χ0n) is 16.2. The number of hydrogen-bond donors (Lipinski definition) is 0. The molecule has 26 heavy (non-hydrogen) atoms. The first kappa shape index (κ1) is 23.1. The predicted octanol–water partition coefficient (Wildman–Crippen LogP) is 8.53. The SMILES string of the molecule is CC(CCc1ccccc1)P(C1CCCCC1)C1CCCCC1.[Cl][Ru][Cl]. The van der Waals surface area contributed by atoms with Crippen molar-refractivity contribution in [2.75, 3.05) is 0 Å². The zero-order valence-corrected chi connectivity index (χ0v) is 20.3. The molecule has 0 nitrogen and oxygen atoms in total. The topological polar surface area (TPSA) is 0 Å². The minimum absolute atomic E-state index is 0.246. The van der Waals surface area contributed by atoms with Crippen molar-refractivity contribution >= 4 is 27.3 Å². The average Bonchev–Trinajstić information content (AvgIpc) is 2.70. The maximum atomic E-state index is 4.85. The standard InChI is InChI=1S/C22H35P.2ClH.Ru/c1-19(17-18-20-11-5-2-6-12-20)23(21-13-7-3-8-14-21)22-15-9-4-10-16-22;;;/h2,5-6,11-12,19,21-22H,3-4,7-10,13-18H2,1H3;2*1H;/q;;;+2/p-2. The quantitative estimate of drug-likeness (QED) is 0.270. The van der Waals surface area contributed by atoms with Crippen molar-refractivity contribution in [3.63, 3.8) is 0 Å². The Balaban J connectivity index is 0.000000758. The molecule has 1 atom stereocenters. The van der Waals surface area contributed by atoms with E-state index in [-0.39, 0.29) is 23.1 Å². The van der Waals surface area contributed by atoms with Crippen LogP contribution in [0, 0.1) is 0 Å². The number of aryl methyl sites for hydroxylation is 1. The fourth-order valence-corrected chi connectivity index (χ4v) is 9.33. The van der Waals surface area contributed by atoms with E-state index < -0.39 is 0 Å². The molecule has 0 aromatic heterocycles. The van der Waals surface area contributed by atoms with Crippen molar-refractivity contribution in [3.8, 4) is 0 Å². The molecule has 4 heteroatoms. The summed E-state index contributed by atoms with van der Waals surface area (Å²) in [7, 11) is 9.95. The second-order valence-electron chi connectivity index (χ2n) is 7.95. The van der Waals surface area contributed by atoms with Crippen molar-refractivity contribution in [2.24, 2.45) is 0 Å². The summed E-state index contributed by atoms with van der Waals surface area (Å²) < 4.78 is 0. The number of rotatable bonds is 6. The number of benzene rings is 1. The van der Waals surface area contributed by atoms with Crippen molar-refractivity contribution in [1.29, 1.82) is 0 Å². The summed E-state index contributed by atoms with van der Waals surface area (Å²) in [6, 6.07) is 11.2. The Kier molecular flexibility index (Phi) is 12.4. The van der Waals surface area contributed by atoms with Gasteiger partial charge in [-0.1, -0.05) is 83.7 Å². The van der Waals surface area contributed by atoms with Gasteiger partial charge in [0.1, 0.15) is 0 Å². The number of hydrogen-bond acceptors (Lipinski definition) is 0. The summed E-state index contributed by atoms with van der Waals surface area (Å²) in [5, 5.41) is 0. The Labute approximate surface area is 178 Å². The summed E-state index contributed by atoms with van der Waals surface area (Å²) in [6.07, 6.45) is 18.0. The first-order valence-corrected chi connectivity index (χ1v) is 16.5. The molecule has 0 saturated heterocycles. The van der Waals surface area contributed by atoms with Crippen molar-refractivity contribution in [1.82, 2.24) is 0 Å². The summed E-state index contributed by atoms with van der Waals surface area (Å²) in [6.45, 7) is 2.61. The first-order chi connectivity index (χ1) is 12.8. The molecule has 1 aromatic carbocycles. The number of halogens is 2. The Morgan fingerprint density at radius 3 is 1.81 bits per heavy atom. The normalized spacial score (nSPS) is 20.6. The van der Waals surface area contributed by atoms with Crippen LogP contribution in [0.25, 0.3) is 0 Å². The second-order valence-corrected chi connectivity index (χ2v) is 13.8. The Bertz CT molecular complexity index is 440. The third-order valence-corrected chi connectivity index (χ3v) is 10.2. The van der Waals surface area contributed by atoms with Crippen molar-refractivity contribution in [3.05, 3.63) is 35.9 Å². The molecule has 0 amide bonds. The molecule has 0 aliphatic heterocycles. The summed E-state index contributed by atoms with van der Waals surface area (Å²) >= 11 is -0.346. The molecule has 0 N–H and O–H groups in total. The molecule has 2 saturated carbocycles. The van der Waals surface area contributed by atoms with E-state index in [4.69, 9.17) is 19.4 Å². The second kappa shape index (κ2) is 13.9. The molecule has 3 rings (SSSR count). The Morgan fingerprint density at radius 2 is 1.35 bits per heavy atom. The third-order valence-electron chi connectivity index (χ3n) is 6.20. The van der Waals surface area contributed by atoms with Crippen LogP contribution in [-0.2, 0) is 21.6 Å². The molecule has 0 radical (unpaired) electrons. The Morgan fingerprint density at radius 1 is 0.885 bits per heavy atom. The van der Waals surface area contributed by atoms with Gasteiger partial charge in [-0.15, -0.1) is 0 Å². The summed E-state index contributed by atoms with van der Waals surface area (Å²) in [5.41, 5.74) is 4.72. The van der Waals surface area contributed by atoms with Gasteiger partial charge in [-0.3, -0.25) is 0 Å². The van der Waals surface area contributed by atoms with Crippen LogP contribution < -0.4 is 0 Å². The van der Waals surface area contributed by atoms with Gasteiger partial charge in [0.25, 0.3) is 0 Å².